The van der Waals surface area contributed by atoms with Crippen molar-refractivity contribution in [3.05, 3.63) is 0 Å². The van der Waals surface area contributed by atoms with E-state index in [0.717, 1.165) is 12.3 Å². The average Bonchev–Trinajstić information content (AvgIpc) is 2.01. The zero-order valence-corrected chi connectivity index (χ0v) is 9.66. The van der Waals surface area contributed by atoms with Gasteiger partial charge in [-0.25, -0.2) is 0 Å². The van der Waals surface area contributed by atoms with Crippen LogP contribution < -0.4 is 5.32 Å². The SMILES string of the molecule is COC(=O)CSCCNC(C)(C)C. The number of thioether (sulfide) groups is 1. The van der Waals surface area contributed by atoms with Crippen LogP contribution in [0.2, 0.25) is 0 Å². The van der Waals surface area contributed by atoms with Gasteiger partial charge in [-0.1, -0.05) is 0 Å². The number of rotatable bonds is 5. The third-order valence-corrected chi connectivity index (χ3v) is 2.28. The minimum Gasteiger partial charge on any atom is -0.468 e. The fourth-order valence-corrected chi connectivity index (χ4v) is 1.39. The van der Waals surface area contributed by atoms with Gasteiger partial charge in [-0.15, -0.1) is 11.8 Å². The van der Waals surface area contributed by atoms with E-state index in [4.69, 9.17) is 0 Å². The molecule has 0 rings (SSSR count). The smallest absolute Gasteiger partial charge is 0.315 e. The first-order valence-corrected chi connectivity index (χ1v) is 5.51. The summed E-state index contributed by atoms with van der Waals surface area (Å²) >= 11 is 1.59. The fraction of sp³-hybridized carbons (Fsp3) is 0.889. The van der Waals surface area contributed by atoms with Crippen LogP contribution in [0, 0.1) is 0 Å². The van der Waals surface area contributed by atoms with Crippen molar-refractivity contribution >= 4 is 17.7 Å². The van der Waals surface area contributed by atoms with E-state index in [9.17, 15) is 4.79 Å². The maximum Gasteiger partial charge on any atom is 0.315 e. The summed E-state index contributed by atoms with van der Waals surface area (Å²) in [7, 11) is 1.41. The highest BCUT2D eigenvalue weighted by Crippen LogP contribution is 2.02. The lowest BCUT2D eigenvalue weighted by atomic mass is 10.1. The molecule has 0 fully saturated rings. The van der Waals surface area contributed by atoms with Crippen molar-refractivity contribution in [3.63, 3.8) is 0 Å². The maximum absolute atomic E-state index is 10.7. The molecule has 0 radical (unpaired) electrons. The van der Waals surface area contributed by atoms with Gasteiger partial charge in [-0.2, -0.15) is 0 Å². The highest BCUT2D eigenvalue weighted by molar-refractivity contribution is 7.99. The van der Waals surface area contributed by atoms with E-state index in [0.29, 0.717) is 5.75 Å². The number of carbonyl (C=O) groups excluding carboxylic acids is 1. The Labute approximate surface area is 84.6 Å². The highest BCUT2D eigenvalue weighted by Gasteiger charge is 2.07. The molecule has 0 aromatic rings. The van der Waals surface area contributed by atoms with Crippen LogP contribution in [0.25, 0.3) is 0 Å². The van der Waals surface area contributed by atoms with Crippen molar-refractivity contribution in [3.8, 4) is 0 Å². The summed E-state index contributed by atoms with van der Waals surface area (Å²) in [6.45, 7) is 7.29. The molecule has 3 nitrogen and oxygen atoms in total. The highest BCUT2D eigenvalue weighted by atomic mass is 32.2. The lowest BCUT2D eigenvalue weighted by Crippen LogP contribution is -2.37. The van der Waals surface area contributed by atoms with Crippen molar-refractivity contribution in [2.75, 3.05) is 25.2 Å². The van der Waals surface area contributed by atoms with E-state index >= 15 is 0 Å². The van der Waals surface area contributed by atoms with Gasteiger partial charge in [-0.3, -0.25) is 4.79 Å². The minimum absolute atomic E-state index is 0.152. The Morgan fingerprint density at radius 2 is 2.08 bits per heavy atom. The first-order chi connectivity index (χ1) is 5.95. The number of esters is 1. The van der Waals surface area contributed by atoms with Crippen LogP contribution in [0.5, 0.6) is 0 Å². The van der Waals surface area contributed by atoms with Crippen LogP contribution >= 0.6 is 11.8 Å². The second-order valence-corrected chi connectivity index (χ2v) is 4.91. The van der Waals surface area contributed by atoms with Crippen LogP contribution in [0.1, 0.15) is 20.8 Å². The summed E-state index contributed by atoms with van der Waals surface area (Å²) in [4.78, 5) is 10.7. The van der Waals surface area contributed by atoms with Crippen LogP contribution in [0.3, 0.4) is 0 Å². The molecular formula is C9H19NO2S. The lowest BCUT2D eigenvalue weighted by molar-refractivity contribution is -0.137. The minimum atomic E-state index is -0.152. The third kappa shape index (κ3) is 9.70. The first kappa shape index (κ1) is 12.8. The molecule has 13 heavy (non-hydrogen) atoms. The second kappa shape index (κ2) is 6.27. The quantitative estimate of drug-likeness (QED) is 0.542. The Hall–Kier alpha value is -0.220. The molecule has 0 amide bonds. The number of methoxy groups -OCH3 is 1. The maximum atomic E-state index is 10.7. The predicted octanol–water partition coefficient (Wildman–Crippen LogP) is 1.28. The van der Waals surface area contributed by atoms with Crippen molar-refractivity contribution < 1.29 is 9.53 Å². The zero-order valence-electron chi connectivity index (χ0n) is 8.85. The monoisotopic (exact) mass is 205 g/mol. The second-order valence-electron chi connectivity index (χ2n) is 3.81. The molecule has 78 valence electrons. The van der Waals surface area contributed by atoms with Gasteiger partial charge in [0.25, 0.3) is 0 Å². The summed E-state index contributed by atoms with van der Waals surface area (Å²) in [6.07, 6.45) is 0. The van der Waals surface area contributed by atoms with Crippen molar-refractivity contribution in [2.45, 2.75) is 26.3 Å². The van der Waals surface area contributed by atoms with E-state index in [1.54, 1.807) is 11.8 Å². The average molecular weight is 205 g/mol. The van der Waals surface area contributed by atoms with Crippen molar-refractivity contribution in [1.29, 1.82) is 0 Å². The van der Waals surface area contributed by atoms with Gasteiger partial charge in [0.2, 0.25) is 0 Å². The molecule has 0 aliphatic rings. The van der Waals surface area contributed by atoms with Crippen LogP contribution in [0.4, 0.5) is 0 Å². The molecule has 1 N–H and O–H groups in total. The molecule has 0 spiro atoms. The van der Waals surface area contributed by atoms with Gasteiger partial charge >= 0.3 is 5.97 Å². The number of hydrogen-bond acceptors (Lipinski definition) is 4. The molecule has 0 saturated carbocycles. The summed E-state index contributed by atoms with van der Waals surface area (Å²) in [6, 6.07) is 0. The Morgan fingerprint density at radius 1 is 1.46 bits per heavy atom. The van der Waals surface area contributed by atoms with Crippen molar-refractivity contribution in [1.82, 2.24) is 5.32 Å². The molecule has 0 aromatic heterocycles. The summed E-state index contributed by atoms with van der Waals surface area (Å²) in [5, 5.41) is 3.34. The Bertz CT molecular complexity index is 154. The van der Waals surface area contributed by atoms with Gasteiger partial charge in [0.1, 0.15) is 0 Å². The van der Waals surface area contributed by atoms with E-state index in [1.165, 1.54) is 7.11 Å². The first-order valence-electron chi connectivity index (χ1n) is 4.35. The van der Waals surface area contributed by atoms with E-state index < -0.39 is 0 Å². The van der Waals surface area contributed by atoms with Gasteiger partial charge in [0.05, 0.1) is 12.9 Å². The van der Waals surface area contributed by atoms with Crippen molar-refractivity contribution in [2.24, 2.45) is 0 Å². The molecule has 4 heteroatoms. The van der Waals surface area contributed by atoms with Gasteiger partial charge in [-0.05, 0) is 20.8 Å². The van der Waals surface area contributed by atoms with Gasteiger partial charge < -0.3 is 10.1 Å². The molecule has 0 bridgehead atoms. The summed E-state index contributed by atoms with van der Waals surface area (Å²) < 4.78 is 4.52. The Morgan fingerprint density at radius 3 is 2.54 bits per heavy atom. The number of ether oxygens (including phenoxy) is 1. The summed E-state index contributed by atoms with van der Waals surface area (Å²) in [5.74, 6) is 1.23. The fourth-order valence-electron chi connectivity index (χ4n) is 0.713. The predicted molar refractivity (Wildman–Crippen MR) is 57.1 cm³/mol. The van der Waals surface area contributed by atoms with Gasteiger partial charge in [0.15, 0.2) is 0 Å². The third-order valence-electron chi connectivity index (χ3n) is 1.35. The van der Waals surface area contributed by atoms with Gasteiger partial charge in [0, 0.05) is 17.8 Å². The number of nitrogens with one attached hydrogen (secondary N) is 1. The van der Waals surface area contributed by atoms with E-state index in [1.807, 2.05) is 0 Å². The topological polar surface area (TPSA) is 38.3 Å². The largest absolute Gasteiger partial charge is 0.468 e. The molecular weight excluding hydrogens is 186 g/mol. The van der Waals surface area contributed by atoms with E-state index in [2.05, 4.69) is 30.8 Å². The summed E-state index contributed by atoms with van der Waals surface area (Å²) in [5.41, 5.74) is 0.159. The zero-order chi connectivity index (χ0) is 10.3. The molecule has 0 unspecified atom stereocenters. The van der Waals surface area contributed by atoms with Crippen LogP contribution in [0.15, 0.2) is 0 Å². The number of carbonyl (C=O) groups is 1. The van der Waals surface area contributed by atoms with Crippen LogP contribution in [-0.4, -0.2) is 36.7 Å². The lowest BCUT2D eigenvalue weighted by Gasteiger charge is -2.20. The molecule has 0 aliphatic carbocycles. The molecule has 0 atom stereocenters. The molecule has 0 aliphatic heterocycles. The molecule has 0 aromatic carbocycles. The molecule has 0 saturated heterocycles. The Balaban J connectivity index is 3.22. The Kier molecular flexibility index (Phi) is 6.16. The number of hydrogen-bond donors (Lipinski definition) is 1. The molecule has 0 heterocycles. The normalized spacial score (nSPS) is 11.4. The van der Waals surface area contributed by atoms with E-state index in [-0.39, 0.29) is 11.5 Å². The standard InChI is InChI=1S/C9H19NO2S/c1-9(2,3)10-5-6-13-7-8(11)12-4/h10H,5-7H2,1-4H3. The van der Waals surface area contributed by atoms with Crippen LogP contribution in [-0.2, 0) is 9.53 Å².